The van der Waals surface area contributed by atoms with E-state index in [1.807, 2.05) is 52.6 Å². The van der Waals surface area contributed by atoms with Gasteiger partial charge in [0.1, 0.15) is 11.5 Å². The monoisotopic (exact) mass is 505 g/mol. The molecule has 0 radical (unpaired) electrons. The van der Waals surface area contributed by atoms with Crippen molar-refractivity contribution in [2.24, 2.45) is 7.05 Å². The molecular formula is C27H32FN7O2. The number of aromatic nitrogens is 5. The Hall–Kier alpha value is -3.95. The van der Waals surface area contributed by atoms with Crippen molar-refractivity contribution in [1.29, 1.82) is 0 Å². The number of ether oxygens (including phenoxy) is 1. The minimum atomic E-state index is -0.617. The Bertz CT molecular complexity index is 1420. The molecule has 0 aliphatic heterocycles. The fraction of sp³-hybridized carbons (Fsp3) is 0.407. The minimum Gasteiger partial charge on any atom is -0.487 e. The van der Waals surface area contributed by atoms with Crippen LogP contribution in [-0.4, -0.2) is 49.6 Å². The van der Waals surface area contributed by atoms with Crippen molar-refractivity contribution >= 4 is 22.6 Å². The van der Waals surface area contributed by atoms with Crippen molar-refractivity contribution in [2.45, 2.75) is 57.7 Å². The highest BCUT2D eigenvalue weighted by molar-refractivity contribution is 5.95. The van der Waals surface area contributed by atoms with Gasteiger partial charge in [-0.3, -0.25) is 14.2 Å². The van der Waals surface area contributed by atoms with Crippen molar-refractivity contribution in [1.82, 2.24) is 29.9 Å². The maximum atomic E-state index is 15.1. The molecule has 5 rings (SSSR count). The molecule has 1 aliphatic carbocycles. The zero-order valence-electron chi connectivity index (χ0n) is 21.5. The number of aryl methyl sites for hydroxylation is 1. The highest BCUT2D eigenvalue weighted by Gasteiger charge is 2.28. The molecule has 3 aromatic heterocycles. The van der Waals surface area contributed by atoms with E-state index >= 15 is 4.39 Å². The summed E-state index contributed by atoms with van der Waals surface area (Å²) in [4.78, 5) is 16.9. The van der Waals surface area contributed by atoms with Crippen LogP contribution in [0.1, 0.15) is 55.9 Å². The van der Waals surface area contributed by atoms with Crippen molar-refractivity contribution in [2.75, 3.05) is 12.4 Å². The molecule has 37 heavy (non-hydrogen) atoms. The molecule has 1 aromatic carbocycles. The van der Waals surface area contributed by atoms with Crippen molar-refractivity contribution in [3.05, 3.63) is 54.2 Å². The van der Waals surface area contributed by atoms with E-state index in [9.17, 15) is 4.79 Å². The predicted octanol–water partition coefficient (Wildman–Crippen LogP) is 4.71. The smallest absolute Gasteiger partial charge is 0.254 e. The molecule has 1 aliphatic rings. The SMILES string of the molecule is CNc1cc2c(cn1)c(-c1cnn(C)c1)nn2[C@H]1CC[C@@H](Oc2cccc(C(=O)NC(C)C)c2F)CC1. The number of benzene rings is 1. The van der Waals surface area contributed by atoms with E-state index in [1.54, 1.807) is 16.8 Å². The summed E-state index contributed by atoms with van der Waals surface area (Å²) in [7, 11) is 3.73. The maximum Gasteiger partial charge on any atom is 0.254 e. The van der Waals surface area contributed by atoms with Crippen LogP contribution in [0.3, 0.4) is 0 Å². The summed E-state index contributed by atoms with van der Waals surface area (Å²) < 4.78 is 25.0. The molecule has 9 nitrogen and oxygen atoms in total. The molecule has 1 fully saturated rings. The van der Waals surface area contributed by atoms with E-state index in [2.05, 4.69) is 25.4 Å². The zero-order chi connectivity index (χ0) is 26.1. The van der Waals surface area contributed by atoms with Gasteiger partial charge in [0.2, 0.25) is 0 Å². The molecule has 2 N–H and O–H groups in total. The number of pyridine rings is 1. The summed E-state index contributed by atoms with van der Waals surface area (Å²) >= 11 is 0. The molecule has 194 valence electrons. The van der Waals surface area contributed by atoms with E-state index in [4.69, 9.17) is 9.84 Å². The van der Waals surface area contributed by atoms with Gasteiger partial charge in [0, 0.05) is 49.5 Å². The van der Waals surface area contributed by atoms with Crippen LogP contribution in [0.25, 0.3) is 22.2 Å². The predicted molar refractivity (Wildman–Crippen MR) is 140 cm³/mol. The number of hydrogen-bond acceptors (Lipinski definition) is 6. The van der Waals surface area contributed by atoms with E-state index in [0.29, 0.717) is 0 Å². The molecule has 1 amide bonds. The summed E-state index contributed by atoms with van der Waals surface area (Å²) in [5, 5.41) is 16.1. The molecule has 1 saturated carbocycles. The third kappa shape index (κ3) is 5.00. The van der Waals surface area contributed by atoms with Crippen LogP contribution >= 0.6 is 0 Å². The van der Waals surface area contributed by atoms with Crippen LogP contribution < -0.4 is 15.4 Å². The number of hydrogen-bond donors (Lipinski definition) is 2. The Balaban J connectivity index is 1.34. The second kappa shape index (κ2) is 10.2. The number of carbonyl (C=O) groups excluding carboxylic acids is 1. The fourth-order valence-electron chi connectivity index (χ4n) is 4.91. The normalized spacial score (nSPS) is 17.8. The number of amides is 1. The first-order valence-electron chi connectivity index (χ1n) is 12.6. The molecule has 0 unspecified atom stereocenters. The van der Waals surface area contributed by atoms with Crippen molar-refractivity contribution < 1.29 is 13.9 Å². The van der Waals surface area contributed by atoms with Crippen molar-refractivity contribution in [3.8, 4) is 17.0 Å². The van der Waals surface area contributed by atoms with Gasteiger partial charge in [-0.15, -0.1) is 0 Å². The average molecular weight is 506 g/mol. The first-order chi connectivity index (χ1) is 17.8. The lowest BCUT2D eigenvalue weighted by Crippen LogP contribution is -2.31. The summed E-state index contributed by atoms with van der Waals surface area (Å²) in [5.41, 5.74) is 2.81. The minimum absolute atomic E-state index is 0.000208. The van der Waals surface area contributed by atoms with E-state index in [-0.39, 0.29) is 29.5 Å². The van der Waals surface area contributed by atoms with Crippen LogP contribution in [0.15, 0.2) is 42.9 Å². The fourth-order valence-corrected chi connectivity index (χ4v) is 4.91. The number of fused-ring (bicyclic) bond motifs is 1. The van der Waals surface area contributed by atoms with Gasteiger partial charge >= 0.3 is 0 Å². The molecule has 0 saturated heterocycles. The second-order valence-corrected chi connectivity index (χ2v) is 9.83. The van der Waals surface area contributed by atoms with Gasteiger partial charge in [-0.1, -0.05) is 6.07 Å². The molecule has 3 heterocycles. The molecule has 10 heteroatoms. The van der Waals surface area contributed by atoms with Gasteiger partial charge in [0.15, 0.2) is 11.6 Å². The second-order valence-electron chi connectivity index (χ2n) is 9.83. The molecule has 4 aromatic rings. The number of carbonyl (C=O) groups is 1. The van der Waals surface area contributed by atoms with Gasteiger partial charge in [0.05, 0.1) is 29.4 Å². The van der Waals surface area contributed by atoms with Gasteiger partial charge in [0.25, 0.3) is 5.91 Å². The maximum absolute atomic E-state index is 15.1. The number of anilines is 1. The molecule has 0 spiro atoms. The third-order valence-electron chi connectivity index (χ3n) is 6.74. The lowest BCUT2D eigenvalue weighted by atomic mass is 9.93. The zero-order valence-corrected chi connectivity index (χ0v) is 21.5. The third-order valence-corrected chi connectivity index (χ3v) is 6.74. The summed E-state index contributed by atoms with van der Waals surface area (Å²) in [6.07, 6.45) is 8.65. The van der Waals surface area contributed by atoms with Gasteiger partial charge in [-0.25, -0.2) is 9.37 Å². The number of nitrogens with zero attached hydrogens (tertiary/aromatic N) is 5. The molecular weight excluding hydrogens is 473 g/mol. The molecule has 0 atom stereocenters. The largest absolute Gasteiger partial charge is 0.487 e. The van der Waals surface area contributed by atoms with E-state index in [0.717, 1.165) is 53.7 Å². The Morgan fingerprint density at radius 3 is 2.65 bits per heavy atom. The van der Waals surface area contributed by atoms with Crippen LogP contribution in [0.4, 0.5) is 10.2 Å². The van der Waals surface area contributed by atoms with Crippen LogP contribution in [0.5, 0.6) is 5.75 Å². The van der Waals surface area contributed by atoms with Crippen LogP contribution in [0.2, 0.25) is 0 Å². The summed E-state index contributed by atoms with van der Waals surface area (Å²) in [6.45, 7) is 3.68. The van der Waals surface area contributed by atoms with Gasteiger partial charge < -0.3 is 15.4 Å². The highest BCUT2D eigenvalue weighted by atomic mass is 19.1. The summed E-state index contributed by atoms with van der Waals surface area (Å²) in [5.74, 6) is -0.158. The van der Waals surface area contributed by atoms with E-state index < -0.39 is 11.7 Å². The van der Waals surface area contributed by atoms with Crippen LogP contribution in [-0.2, 0) is 7.05 Å². The average Bonchev–Trinajstić information content (AvgIpc) is 3.48. The van der Waals surface area contributed by atoms with Crippen molar-refractivity contribution in [3.63, 3.8) is 0 Å². The Kier molecular flexibility index (Phi) is 6.82. The lowest BCUT2D eigenvalue weighted by molar-refractivity contribution is 0.0934. The van der Waals surface area contributed by atoms with Gasteiger partial charge in [-0.2, -0.15) is 10.2 Å². The lowest BCUT2D eigenvalue weighted by Gasteiger charge is -2.29. The number of rotatable bonds is 7. The first kappa shape index (κ1) is 24.7. The number of halogens is 1. The Morgan fingerprint density at radius 2 is 1.97 bits per heavy atom. The quantitative estimate of drug-likeness (QED) is 0.377. The topological polar surface area (TPSA) is 98.9 Å². The standard InChI is InChI=1S/C27H32FN7O2/c1-16(2)32-27(36)20-6-5-7-23(25(20)28)37-19-10-8-18(9-11-19)35-22-12-24(29-3)30-14-21(22)26(33-35)17-13-31-34(4)15-17/h5-7,12-16,18-19H,8-11H2,1-4H3,(H,29,30)(H,32,36)/t18-,19+. The number of nitrogens with one attached hydrogen (secondary N) is 2. The Labute approximate surface area is 215 Å². The molecule has 0 bridgehead atoms. The Morgan fingerprint density at radius 1 is 1.19 bits per heavy atom. The highest BCUT2D eigenvalue weighted by Crippen LogP contribution is 2.37. The van der Waals surface area contributed by atoms with Crippen LogP contribution in [0, 0.1) is 5.82 Å². The van der Waals surface area contributed by atoms with E-state index in [1.165, 1.54) is 6.07 Å². The van der Waals surface area contributed by atoms with Gasteiger partial charge in [-0.05, 0) is 51.7 Å². The summed E-state index contributed by atoms with van der Waals surface area (Å²) in [6, 6.07) is 6.84. The first-order valence-corrected chi connectivity index (χ1v) is 12.6.